The fraction of sp³-hybridized carbons (Fsp3) is 0.643. The molecule has 8 heteroatoms. The van der Waals surface area contributed by atoms with E-state index in [9.17, 15) is 8.42 Å². The van der Waals surface area contributed by atoms with E-state index in [2.05, 4.69) is 15.6 Å². The van der Waals surface area contributed by atoms with Crippen LogP contribution in [0.3, 0.4) is 0 Å². The second-order valence-electron chi connectivity index (χ2n) is 5.20. The van der Waals surface area contributed by atoms with Crippen LogP contribution in [0.1, 0.15) is 20.3 Å². The third kappa shape index (κ3) is 4.21. The Kier molecular flexibility index (Phi) is 6.22. The lowest BCUT2D eigenvalue weighted by atomic mass is 10.1. The number of rotatable bonds is 6. The van der Waals surface area contributed by atoms with Gasteiger partial charge in [0.25, 0.3) is 10.0 Å². The Bertz CT molecular complexity index is 576. The minimum absolute atomic E-state index is 0.280. The van der Waals surface area contributed by atoms with Crippen molar-refractivity contribution >= 4 is 27.3 Å². The summed E-state index contributed by atoms with van der Waals surface area (Å²) >= 11 is 1.27. The molecule has 1 atom stereocenters. The predicted molar refractivity (Wildman–Crippen MR) is 90.8 cm³/mol. The zero-order valence-corrected chi connectivity index (χ0v) is 14.7. The zero-order chi connectivity index (χ0) is 16.0. The van der Waals surface area contributed by atoms with E-state index in [0.717, 1.165) is 25.5 Å². The summed E-state index contributed by atoms with van der Waals surface area (Å²) in [5.41, 5.74) is 0. The van der Waals surface area contributed by atoms with Crippen molar-refractivity contribution in [3.63, 3.8) is 0 Å². The van der Waals surface area contributed by atoms with E-state index in [1.165, 1.54) is 11.3 Å². The Hall–Kier alpha value is -1.12. The molecule has 1 fully saturated rings. The van der Waals surface area contributed by atoms with Gasteiger partial charge in [0.1, 0.15) is 4.21 Å². The topological polar surface area (TPSA) is 73.8 Å². The molecule has 1 aliphatic heterocycles. The van der Waals surface area contributed by atoms with Crippen molar-refractivity contribution in [2.75, 3.05) is 32.7 Å². The summed E-state index contributed by atoms with van der Waals surface area (Å²) in [6.07, 6.45) is 0.861. The highest BCUT2D eigenvalue weighted by molar-refractivity contribution is 7.91. The summed E-state index contributed by atoms with van der Waals surface area (Å²) in [6.45, 7) is 7.46. The highest BCUT2D eigenvalue weighted by Gasteiger charge is 2.32. The van der Waals surface area contributed by atoms with Gasteiger partial charge in [-0.05, 0) is 37.6 Å². The van der Waals surface area contributed by atoms with Gasteiger partial charge < -0.3 is 10.6 Å². The molecule has 1 saturated heterocycles. The van der Waals surface area contributed by atoms with Crippen LogP contribution in [0.25, 0.3) is 0 Å². The maximum absolute atomic E-state index is 12.5. The lowest BCUT2D eigenvalue weighted by molar-refractivity contribution is 0.460. The molecule has 0 aliphatic carbocycles. The number of aliphatic imine (C=N–C) groups is 1. The van der Waals surface area contributed by atoms with Crippen molar-refractivity contribution in [1.82, 2.24) is 14.9 Å². The van der Waals surface area contributed by atoms with E-state index in [4.69, 9.17) is 0 Å². The lowest BCUT2D eigenvalue weighted by Gasteiger charge is -2.15. The highest BCUT2D eigenvalue weighted by Crippen LogP contribution is 2.26. The van der Waals surface area contributed by atoms with Crippen LogP contribution in [-0.2, 0) is 10.0 Å². The van der Waals surface area contributed by atoms with Crippen LogP contribution in [0, 0.1) is 5.92 Å². The fourth-order valence-corrected chi connectivity index (χ4v) is 5.11. The van der Waals surface area contributed by atoms with Gasteiger partial charge in [-0.25, -0.2) is 8.42 Å². The molecule has 124 valence electrons. The van der Waals surface area contributed by atoms with Crippen molar-refractivity contribution < 1.29 is 8.42 Å². The maximum Gasteiger partial charge on any atom is 0.252 e. The number of thiophene rings is 1. The Morgan fingerprint density at radius 1 is 1.41 bits per heavy atom. The molecule has 0 bridgehead atoms. The number of hydrogen-bond donors (Lipinski definition) is 2. The monoisotopic (exact) mass is 344 g/mol. The van der Waals surface area contributed by atoms with Gasteiger partial charge >= 0.3 is 0 Å². The summed E-state index contributed by atoms with van der Waals surface area (Å²) in [6, 6.07) is 3.44. The van der Waals surface area contributed by atoms with E-state index in [1.54, 1.807) is 21.8 Å². The molecule has 1 unspecified atom stereocenters. The lowest BCUT2D eigenvalue weighted by Crippen LogP contribution is -2.37. The van der Waals surface area contributed by atoms with Gasteiger partial charge in [0, 0.05) is 32.7 Å². The third-order valence-electron chi connectivity index (χ3n) is 3.53. The average molecular weight is 345 g/mol. The van der Waals surface area contributed by atoms with E-state index >= 15 is 0 Å². The molecule has 0 aromatic carbocycles. The second-order valence-corrected chi connectivity index (χ2v) is 8.31. The molecule has 1 aromatic rings. The van der Waals surface area contributed by atoms with E-state index in [1.807, 2.05) is 13.8 Å². The Morgan fingerprint density at radius 3 is 2.73 bits per heavy atom. The summed E-state index contributed by atoms with van der Waals surface area (Å²) in [5, 5.41) is 8.16. The molecule has 0 saturated carbocycles. The molecule has 6 nitrogen and oxygen atoms in total. The van der Waals surface area contributed by atoms with Gasteiger partial charge in [-0.1, -0.05) is 6.07 Å². The number of nitrogens with one attached hydrogen (secondary N) is 2. The number of sulfonamides is 1. The molecule has 0 amide bonds. The molecule has 1 aliphatic rings. The standard InChI is InChI=1S/C14H24N4O2S2/c1-3-15-14(16-4-2)17-10-12-7-8-18(11-12)22(19,20)13-6-5-9-21-13/h5-6,9,12H,3-4,7-8,10-11H2,1-2H3,(H2,15,16,17). The molecule has 2 heterocycles. The predicted octanol–water partition coefficient (Wildman–Crippen LogP) is 1.33. The Morgan fingerprint density at radius 2 is 2.14 bits per heavy atom. The van der Waals surface area contributed by atoms with Crippen LogP contribution in [0.4, 0.5) is 0 Å². The first-order chi connectivity index (χ1) is 10.6. The summed E-state index contributed by atoms with van der Waals surface area (Å²) < 4.78 is 26.9. The van der Waals surface area contributed by atoms with Gasteiger partial charge in [0.05, 0.1) is 0 Å². The Labute approximate surface area is 136 Å². The third-order valence-corrected chi connectivity index (χ3v) is 6.77. The minimum Gasteiger partial charge on any atom is -0.357 e. The van der Waals surface area contributed by atoms with Gasteiger partial charge in [-0.15, -0.1) is 11.3 Å². The van der Waals surface area contributed by atoms with Gasteiger partial charge in [0.2, 0.25) is 0 Å². The maximum atomic E-state index is 12.5. The molecule has 0 spiro atoms. The molecular formula is C14H24N4O2S2. The highest BCUT2D eigenvalue weighted by atomic mass is 32.2. The smallest absolute Gasteiger partial charge is 0.252 e. The minimum atomic E-state index is -3.32. The normalized spacial score (nSPS) is 19.1. The van der Waals surface area contributed by atoms with Crippen LogP contribution in [0.2, 0.25) is 0 Å². The van der Waals surface area contributed by atoms with Crippen LogP contribution in [-0.4, -0.2) is 51.4 Å². The molecular weight excluding hydrogens is 320 g/mol. The number of hydrogen-bond acceptors (Lipinski definition) is 4. The molecule has 0 radical (unpaired) electrons. The first kappa shape index (κ1) is 17.2. The zero-order valence-electron chi connectivity index (χ0n) is 13.1. The Balaban J connectivity index is 1.94. The number of guanidine groups is 1. The van der Waals surface area contributed by atoms with Crippen LogP contribution in [0.5, 0.6) is 0 Å². The summed E-state index contributed by atoms with van der Waals surface area (Å²) in [7, 11) is -3.32. The van der Waals surface area contributed by atoms with E-state index < -0.39 is 10.0 Å². The first-order valence-corrected chi connectivity index (χ1v) is 9.95. The molecule has 2 N–H and O–H groups in total. The molecule has 22 heavy (non-hydrogen) atoms. The van der Waals surface area contributed by atoms with E-state index in [-0.39, 0.29) is 5.92 Å². The second kappa shape index (κ2) is 7.94. The van der Waals surface area contributed by atoms with Crippen LogP contribution < -0.4 is 10.6 Å². The number of nitrogens with zero attached hydrogens (tertiary/aromatic N) is 2. The quantitative estimate of drug-likeness (QED) is 0.603. The van der Waals surface area contributed by atoms with Gasteiger partial charge in [-0.2, -0.15) is 4.31 Å². The van der Waals surface area contributed by atoms with Gasteiger partial charge in [-0.3, -0.25) is 4.99 Å². The van der Waals surface area contributed by atoms with Crippen molar-refractivity contribution in [1.29, 1.82) is 0 Å². The SMILES string of the molecule is CCNC(=NCC1CCN(S(=O)(=O)c2cccs2)C1)NCC. The van der Waals surface area contributed by atoms with E-state index in [0.29, 0.717) is 23.8 Å². The average Bonchev–Trinajstić information content (AvgIpc) is 3.17. The van der Waals surface area contributed by atoms with Crippen LogP contribution >= 0.6 is 11.3 Å². The van der Waals surface area contributed by atoms with Crippen molar-refractivity contribution in [2.45, 2.75) is 24.5 Å². The molecule has 2 rings (SSSR count). The van der Waals surface area contributed by atoms with Crippen molar-refractivity contribution in [3.05, 3.63) is 17.5 Å². The van der Waals surface area contributed by atoms with Crippen molar-refractivity contribution in [3.8, 4) is 0 Å². The largest absolute Gasteiger partial charge is 0.357 e. The fourth-order valence-electron chi connectivity index (χ4n) is 2.43. The summed E-state index contributed by atoms with van der Waals surface area (Å²) in [5.74, 6) is 1.08. The summed E-state index contributed by atoms with van der Waals surface area (Å²) in [4.78, 5) is 4.54. The molecule has 1 aromatic heterocycles. The van der Waals surface area contributed by atoms with Crippen molar-refractivity contribution in [2.24, 2.45) is 10.9 Å². The van der Waals surface area contributed by atoms with Crippen LogP contribution in [0.15, 0.2) is 26.7 Å². The first-order valence-electron chi connectivity index (χ1n) is 7.63. The van der Waals surface area contributed by atoms with Gasteiger partial charge in [0.15, 0.2) is 5.96 Å².